The summed E-state index contributed by atoms with van der Waals surface area (Å²) in [6, 6.07) is 0. The molecule has 1 aromatic heterocycles. The maximum atomic E-state index is 11.7. The highest BCUT2D eigenvalue weighted by molar-refractivity contribution is 6.01. The van der Waals surface area contributed by atoms with E-state index in [2.05, 4.69) is 15.2 Å². The average Bonchev–Trinajstić information content (AvgIpc) is 3.11. The molecule has 0 atom stereocenters. The first-order valence-corrected chi connectivity index (χ1v) is 5.47. The van der Waals surface area contributed by atoms with E-state index in [4.69, 9.17) is 0 Å². The monoisotopic (exact) mass is 237 g/mol. The lowest BCUT2D eigenvalue weighted by molar-refractivity contribution is -0.117. The largest absolute Gasteiger partial charge is 0.464 e. The summed E-state index contributed by atoms with van der Waals surface area (Å²) in [6.07, 6.45) is 1.83. The molecule has 1 saturated carbocycles. The fourth-order valence-corrected chi connectivity index (χ4v) is 1.57. The highest BCUT2D eigenvalue weighted by Crippen LogP contribution is 2.31. The van der Waals surface area contributed by atoms with Crippen molar-refractivity contribution in [3.8, 4) is 0 Å². The molecule has 0 radical (unpaired) electrons. The molecule has 0 saturated heterocycles. The van der Waals surface area contributed by atoms with Crippen LogP contribution in [0.4, 0.5) is 5.69 Å². The topological polar surface area (TPSA) is 73.2 Å². The van der Waals surface area contributed by atoms with Crippen molar-refractivity contribution in [2.45, 2.75) is 19.8 Å². The number of methoxy groups -OCH3 is 1. The third-order valence-electron chi connectivity index (χ3n) is 2.91. The van der Waals surface area contributed by atoms with E-state index in [1.165, 1.54) is 7.11 Å². The minimum Gasteiger partial charge on any atom is -0.464 e. The number of anilines is 1. The van der Waals surface area contributed by atoms with Gasteiger partial charge in [-0.15, -0.1) is 0 Å². The summed E-state index contributed by atoms with van der Waals surface area (Å²) in [5.74, 6) is -0.508. The molecule has 1 aromatic rings. The number of nitrogens with one attached hydrogen (secondary N) is 1. The molecule has 1 amide bonds. The smallest absolute Gasteiger partial charge is 0.360 e. The van der Waals surface area contributed by atoms with Gasteiger partial charge in [0.05, 0.1) is 18.5 Å². The van der Waals surface area contributed by atoms with E-state index in [1.54, 1.807) is 18.7 Å². The van der Waals surface area contributed by atoms with Crippen LogP contribution in [0.2, 0.25) is 0 Å². The van der Waals surface area contributed by atoms with E-state index in [1.807, 2.05) is 0 Å². The first kappa shape index (κ1) is 11.6. The number of ether oxygens (including phenoxy) is 1. The van der Waals surface area contributed by atoms with Crippen LogP contribution in [0.15, 0.2) is 0 Å². The maximum Gasteiger partial charge on any atom is 0.360 e. The maximum absolute atomic E-state index is 11.7. The van der Waals surface area contributed by atoms with Gasteiger partial charge in [0.15, 0.2) is 5.69 Å². The molecule has 1 fully saturated rings. The minimum atomic E-state index is -0.542. The van der Waals surface area contributed by atoms with Crippen LogP contribution >= 0.6 is 0 Å². The molecule has 6 heteroatoms. The number of nitrogens with zero attached hydrogens (tertiary/aromatic N) is 2. The number of esters is 1. The Morgan fingerprint density at radius 2 is 2.12 bits per heavy atom. The SMILES string of the molecule is COC(=O)c1nn(C)c(C)c1NC(=O)C1CC1. The predicted octanol–water partition coefficient (Wildman–Crippen LogP) is 0.864. The van der Waals surface area contributed by atoms with Gasteiger partial charge in [0.25, 0.3) is 0 Å². The first-order valence-electron chi connectivity index (χ1n) is 5.47. The Morgan fingerprint density at radius 3 is 2.65 bits per heavy atom. The summed E-state index contributed by atoms with van der Waals surface area (Å²) in [6.45, 7) is 1.79. The number of carbonyl (C=O) groups excluding carboxylic acids is 2. The lowest BCUT2D eigenvalue weighted by Crippen LogP contribution is -2.16. The van der Waals surface area contributed by atoms with Gasteiger partial charge in [-0.3, -0.25) is 9.48 Å². The molecular formula is C11H15N3O3. The van der Waals surface area contributed by atoms with Crippen molar-refractivity contribution in [1.29, 1.82) is 0 Å². The van der Waals surface area contributed by atoms with E-state index < -0.39 is 5.97 Å². The number of hydrogen-bond donors (Lipinski definition) is 1. The van der Waals surface area contributed by atoms with Crippen LogP contribution in [-0.2, 0) is 16.6 Å². The highest BCUT2D eigenvalue weighted by Gasteiger charge is 2.31. The molecule has 2 rings (SSSR count). The van der Waals surface area contributed by atoms with Crippen molar-refractivity contribution >= 4 is 17.6 Å². The van der Waals surface area contributed by atoms with Gasteiger partial charge in [-0.05, 0) is 19.8 Å². The third kappa shape index (κ3) is 2.15. The number of hydrogen-bond acceptors (Lipinski definition) is 4. The summed E-state index contributed by atoms with van der Waals surface area (Å²) < 4.78 is 6.19. The summed E-state index contributed by atoms with van der Waals surface area (Å²) >= 11 is 0. The van der Waals surface area contributed by atoms with Crippen LogP contribution in [0.3, 0.4) is 0 Å². The normalized spacial score (nSPS) is 14.5. The second kappa shape index (κ2) is 4.20. The van der Waals surface area contributed by atoms with Gasteiger partial charge in [-0.1, -0.05) is 0 Å². The lowest BCUT2D eigenvalue weighted by Gasteiger charge is -2.04. The van der Waals surface area contributed by atoms with Crippen LogP contribution < -0.4 is 5.32 Å². The standard InChI is InChI=1S/C11H15N3O3/c1-6-8(12-10(15)7-4-5-7)9(11(16)17-3)13-14(6)2/h7H,4-5H2,1-3H3,(H,12,15). The van der Waals surface area contributed by atoms with E-state index in [0.717, 1.165) is 18.5 Å². The van der Waals surface area contributed by atoms with Crippen molar-refractivity contribution in [2.24, 2.45) is 13.0 Å². The van der Waals surface area contributed by atoms with E-state index >= 15 is 0 Å². The Bertz CT molecular complexity index is 475. The zero-order valence-corrected chi connectivity index (χ0v) is 10.1. The van der Waals surface area contributed by atoms with Gasteiger partial charge < -0.3 is 10.1 Å². The van der Waals surface area contributed by atoms with Crippen molar-refractivity contribution in [1.82, 2.24) is 9.78 Å². The van der Waals surface area contributed by atoms with E-state index in [-0.39, 0.29) is 17.5 Å². The van der Waals surface area contributed by atoms with Crippen molar-refractivity contribution in [2.75, 3.05) is 12.4 Å². The third-order valence-corrected chi connectivity index (χ3v) is 2.91. The average molecular weight is 237 g/mol. The van der Waals surface area contributed by atoms with E-state index in [0.29, 0.717) is 5.69 Å². The molecule has 1 aliphatic carbocycles. The van der Waals surface area contributed by atoms with Crippen LogP contribution in [0, 0.1) is 12.8 Å². The molecule has 0 aliphatic heterocycles. The molecule has 0 bridgehead atoms. The molecule has 17 heavy (non-hydrogen) atoms. The van der Waals surface area contributed by atoms with Crippen LogP contribution in [0.5, 0.6) is 0 Å². The number of carbonyl (C=O) groups is 2. The summed E-state index contributed by atoms with van der Waals surface area (Å²) in [4.78, 5) is 23.2. The van der Waals surface area contributed by atoms with Crippen molar-refractivity contribution < 1.29 is 14.3 Å². The van der Waals surface area contributed by atoms with Gasteiger partial charge in [0.2, 0.25) is 5.91 Å². The Balaban J connectivity index is 2.29. The fraction of sp³-hybridized carbons (Fsp3) is 0.545. The Kier molecular flexibility index (Phi) is 2.87. The zero-order valence-electron chi connectivity index (χ0n) is 10.1. The van der Waals surface area contributed by atoms with Crippen LogP contribution in [0.25, 0.3) is 0 Å². The Labute approximate surface area is 98.9 Å². The van der Waals surface area contributed by atoms with Gasteiger partial charge in [0.1, 0.15) is 0 Å². The van der Waals surface area contributed by atoms with Gasteiger partial charge in [-0.25, -0.2) is 4.79 Å². The van der Waals surface area contributed by atoms with Crippen molar-refractivity contribution in [3.63, 3.8) is 0 Å². The quantitative estimate of drug-likeness (QED) is 0.791. The first-order chi connectivity index (χ1) is 8.04. The Morgan fingerprint density at radius 1 is 1.47 bits per heavy atom. The molecule has 6 nitrogen and oxygen atoms in total. The molecule has 92 valence electrons. The van der Waals surface area contributed by atoms with Crippen LogP contribution in [0.1, 0.15) is 29.0 Å². The Hall–Kier alpha value is -1.85. The van der Waals surface area contributed by atoms with Gasteiger partial charge >= 0.3 is 5.97 Å². The second-order valence-electron chi connectivity index (χ2n) is 4.19. The number of aryl methyl sites for hydroxylation is 1. The molecule has 1 N–H and O–H groups in total. The van der Waals surface area contributed by atoms with Gasteiger partial charge in [-0.2, -0.15) is 5.10 Å². The summed E-state index contributed by atoms with van der Waals surface area (Å²) in [5, 5.41) is 6.79. The molecule has 0 unspecified atom stereocenters. The molecule has 1 heterocycles. The summed E-state index contributed by atoms with van der Waals surface area (Å²) in [7, 11) is 3.01. The minimum absolute atomic E-state index is 0.0498. The van der Waals surface area contributed by atoms with Crippen molar-refractivity contribution in [3.05, 3.63) is 11.4 Å². The molecule has 0 spiro atoms. The predicted molar refractivity (Wildman–Crippen MR) is 60.6 cm³/mol. The second-order valence-corrected chi connectivity index (χ2v) is 4.19. The summed E-state index contributed by atoms with van der Waals surface area (Å²) in [5.41, 5.74) is 1.34. The van der Waals surface area contributed by atoms with Crippen LogP contribution in [-0.4, -0.2) is 28.8 Å². The molecule has 1 aliphatic rings. The number of amides is 1. The fourth-order valence-electron chi connectivity index (χ4n) is 1.57. The highest BCUT2D eigenvalue weighted by atomic mass is 16.5. The number of rotatable bonds is 3. The molecular weight excluding hydrogens is 222 g/mol. The zero-order chi connectivity index (χ0) is 12.6. The number of aromatic nitrogens is 2. The van der Waals surface area contributed by atoms with Gasteiger partial charge in [0, 0.05) is 13.0 Å². The lowest BCUT2D eigenvalue weighted by atomic mass is 10.2. The van der Waals surface area contributed by atoms with E-state index in [9.17, 15) is 9.59 Å². The molecule has 0 aromatic carbocycles.